The minimum Gasteiger partial charge on any atom is -0.480 e. The fourth-order valence-corrected chi connectivity index (χ4v) is 2.60. The van der Waals surface area contributed by atoms with Gasteiger partial charge in [0.05, 0.1) is 5.41 Å². The van der Waals surface area contributed by atoms with E-state index in [9.17, 15) is 14.4 Å². The van der Waals surface area contributed by atoms with Gasteiger partial charge in [-0.15, -0.1) is 0 Å². The van der Waals surface area contributed by atoms with Gasteiger partial charge >= 0.3 is 11.9 Å². The molecule has 0 unspecified atom stereocenters. The maximum Gasteiger partial charge on any atom is 0.323 e. The molecule has 0 bridgehead atoms. The number of nitrogens with two attached hydrogens (primary N) is 1. The molecule has 0 aliphatic heterocycles. The number of nitrogens with zero attached hydrogens (tertiary/aromatic N) is 1. The lowest BCUT2D eigenvalue weighted by Crippen LogP contribution is -2.51. The van der Waals surface area contributed by atoms with Crippen LogP contribution in [0.15, 0.2) is 0 Å². The molecule has 0 aromatic rings. The summed E-state index contributed by atoms with van der Waals surface area (Å²) in [6.45, 7) is -1.08. The molecule has 0 aromatic heterocycles. The number of aliphatic carboxylic acids is 2. The Hall–Kier alpha value is -1.63. The monoisotopic (exact) mass is 272 g/mol. The van der Waals surface area contributed by atoms with Crippen LogP contribution < -0.4 is 5.73 Å². The topological polar surface area (TPSA) is 121 Å². The molecule has 1 aliphatic rings. The smallest absolute Gasteiger partial charge is 0.323 e. The zero-order valence-electron chi connectivity index (χ0n) is 10.8. The van der Waals surface area contributed by atoms with E-state index in [1.165, 1.54) is 0 Å². The quantitative estimate of drug-likeness (QED) is 0.620. The number of carboxylic acid groups (broad SMARTS) is 2. The van der Waals surface area contributed by atoms with Gasteiger partial charge in [-0.25, -0.2) is 0 Å². The van der Waals surface area contributed by atoms with Crippen molar-refractivity contribution in [1.82, 2.24) is 4.90 Å². The van der Waals surface area contributed by atoms with E-state index < -0.39 is 36.4 Å². The van der Waals surface area contributed by atoms with Crippen molar-refractivity contribution in [2.24, 2.45) is 11.1 Å². The molecule has 0 heterocycles. The molecule has 0 radical (unpaired) electrons. The third-order valence-electron chi connectivity index (χ3n) is 3.59. The van der Waals surface area contributed by atoms with Crippen molar-refractivity contribution in [1.29, 1.82) is 0 Å². The van der Waals surface area contributed by atoms with Crippen molar-refractivity contribution in [3.63, 3.8) is 0 Å². The number of hydrogen-bond donors (Lipinski definition) is 3. The zero-order valence-corrected chi connectivity index (χ0v) is 10.8. The summed E-state index contributed by atoms with van der Waals surface area (Å²) in [5, 5.41) is 17.6. The van der Waals surface area contributed by atoms with E-state index in [0.29, 0.717) is 12.8 Å². The fraction of sp³-hybridized carbons (Fsp3) is 0.750. The van der Waals surface area contributed by atoms with Crippen molar-refractivity contribution in [2.75, 3.05) is 19.6 Å². The molecule has 7 nitrogen and oxygen atoms in total. The van der Waals surface area contributed by atoms with Gasteiger partial charge in [-0.05, 0) is 12.8 Å². The van der Waals surface area contributed by atoms with E-state index in [1.54, 1.807) is 0 Å². The van der Waals surface area contributed by atoms with Gasteiger partial charge in [-0.2, -0.15) is 0 Å². The van der Waals surface area contributed by atoms with Crippen LogP contribution in [0.4, 0.5) is 0 Å². The van der Waals surface area contributed by atoms with Gasteiger partial charge in [-0.1, -0.05) is 19.3 Å². The lowest BCUT2D eigenvalue weighted by Gasteiger charge is -2.38. The largest absolute Gasteiger partial charge is 0.480 e. The third kappa shape index (κ3) is 3.92. The molecule has 1 saturated carbocycles. The van der Waals surface area contributed by atoms with E-state index in [0.717, 1.165) is 24.2 Å². The van der Waals surface area contributed by atoms with Gasteiger partial charge in [0.1, 0.15) is 13.1 Å². The molecule has 1 amide bonds. The maximum atomic E-state index is 12.4. The molecule has 19 heavy (non-hydrogen) atoms. The molecule has 1 aliphatic carbocycles. The van der Waals surface area contributed by atoms with Gasteiger partial charge < -0.3 is 20.8 Å². The molecule has 0 saturated heterocycles. The molecule has 108 valence electrons. The maximum absolute atomic E-state index is 12.4. The molecule has 4 N–H and O–H groups in total. The minimum absolute atomic E-state index is 0.127. The van der Waals surface area contributed by atoms with Gasteiger partial charge in [0.2, 0.25) is 5.91 Å². The Morgan fingerprint density at radius 3 is 1.84 bits per heavy atom. The van der Waals surface area contributed by atoms with Crippen LogP contribution in [0.2, 0.25) is 0 Å². The summed E-state index contributed by atoms with van der Waals surface area (Å²) in [6.07, 6.45) is 3.93. The molecule has 1 rings (SSSR count). The summed E-state index contributed by atoms with van der Waals surface area (Å²) < 4.78 is 0. The van der Waals surface area contributed by atoms with Crippen LogP contribution in [0.5, 0.6) is 0 Å². The second kappa shape index (κ2) is 6.51. The van der Waals surface area contributed by atoms with Crippen LogP contribution in [-0.4, -0.2) is 52.6 Å². The number of rotatable bonds is 6. The molecule has 7 heteroatoms. The molecule has 0 aromatic carbocycles. The Bertz CT molecular complexity index is 347. The van der Waals surface area contributed by atoms with Crippen LogP contribution in [0.1, 0.15) is 32.1 Å². The van der Waals surface area contributed by atoms with Crippen molar-refractivity contribution >= 4 is 17.8 Å². The highest BCUT2D eigenvalue weighted by molar-refractivity contribution is 5.89. The van der Waals surface area contributed by atoms with Gasteiger partial charge in [0.25, 0.3) is 0 Å². The van der Waals surface area contributed by atoms with Crippen LogP contribution in [0.3, 0.4) is 0 Å². The highest BCUT2D eigenvalue weighted by atomic mass is 16.4. The van der Waals surface area contributed by atoms with Crippen LogP contribution in [0.25, 0.3) is 0 Å². The minimum atomic E-state index is -1.22. The van der Waals surface area contributed by atoms with Crippen molar-refractivity contribution in [2.45, 2.75) is 32.1 Å². The van der Waals surface area contributed by atoms with E-state index >= 15 is 0 Å². The number of carbonyl (C=O) groups excluding carboxylic acids is 1. The molecular formula is C12H20N2O5. The Morgan fingerprint density at radius 2 is 1.47 bits per heavy atom. The second-order valence-electron chi connectivity index (χ2n) is 4.99. The summed E-state index contributed by atoms with van der Waals surface area (Å²) >= 11 is 0. The highest BCUT2D eigenvalue weighted by Gasteiger charge is 2.41. The van der Waals surface area contributed by atoms with E-state index in [-0.39, 0.29) is 6.54 Å². The molecule has 0 spiro atoms. The van der Waals surface area contributed by atoms with Gasteiger partial charge in [0, 0.05) is 6.54 Å². The fourth-order valence-electron chi connectivity index (χ4n) is 2.60. The highest BCUT2D eigenvalue weighted by Crippen LogP contribution is 2.37. The lowest BCUT2D eigenvalue weighted by atomic mass is 9.73. The Balaban J connectivity index is 2.88. The first-order valence-corrected chi connectivity index (χ1v) is 6.34. The summed E-state index contributed by atoms with van der Waals surface area (Å²) in [4.78, 5) is 34.8. The van der Waals surface area contributed by atoms with E-state index in [2.05, 4.69) is 0 Å². The summed E-state index contributed by atoms with van der Waals surface area (Å²) in [6, 6.07) is 0. The van der Waals surface area contributed by atoms with Crippen LogP contribution >= 0.6 is 0 Å². The lowest BCUT2D eigenvalue weighted by molar-refractivity contribution is -0.155. The third-order valence-corrected chi connectivity index (χ3v) is 3.59. The molecular weight excluding hydrogens is 252 g/mol. The normalized spacial score (nSPS) is 17.7. The number of carbonyl (C=O) groups is 3. The first-order chi connectivity index (χ1) is 8.91. The van der Waals surface area contributed by atoms with Gasteiger partial charge in [-0.3, -0.25) is 14.4 Å². The Labute approximate surface area is 111 Å². The average Bonchev–Trinajstić information content (AvgIpc) is 2.36. The Kier molecular flexibility index (Phi) is 5.29. The standard InChI is InChI=1S/C12H20N2O5/c13-8-12(4-2-1-3-5-12)11(19)14(6-9(15)16)7-10(17)18/h1-8,13H2,(H,15,16)(H,17,18). The predicted octanol–water partition coefficient (Wildman–Crippen LogP) is -0.107. The van der Waals surface area contributed by atoms with Crippen LogP contribution in [0, 0.1) is 5.41 Å². The van der Waals surface area contributed by atoms with Gasteiger partial charge in [0.15, 0.2) is 0 Å². The first kappa shape index (κ1) is 15.4. The van der Waals surface area contributed by atoms with E-state index in [4.69, 9.17) is 15.9 Å². The Morgan fingerprint density at radius 1 is 1.00 bits per heavy atom. The predicted molar refractivity (Wildman–Crippen MR) is 66.4 cm³/mol. The summed E-state index contributed by atoms with van der Waals surface area (Å²) in [7, 11) is 0. The van der Waals surface area contributed by atoms with Crippen LogP contribution in [-0.2, 0) is 14.4 Å². The zero-order chi connectivity index (χ0) is 14.5. The first-order valence-electron chi connectivity index (χ1n) is 6.34. The summed E-state index contributed by atoms with van der Waals surface area (Å²) in [5.74, 6) is -2.89. The average molecular weight is 272 g/mol. The SMILES string of the molecule is NCC1(C(=O)N(CC(=O)O)CC(=O)O)CCCCC1. The number of carboxylic acids is 2. The molecule has 0 atom stereocenters. The number of hydrogen-bond acceptors (Lipinski definition) is 4. The number of amides is 1. The second-order valence-corrected chi connectivity index (χ2v) is 4.99. The van der Waals surface area contributed by atoms with E-state index in [1.807, 2.05) is 0 Å². The summed E-state index contributed by atoms with van der Waals surface area (Å²) in [5.41, 5.74) is 4.91. The van der Waals surface area contributed by atoms with Crippen molar-refractivity contribution in [3.8, 4) is 0 Å². The van der Waals surface area contributed by atoms with Crippen molar-refractivity contribution < 1.29 is 24.6 Å². The molecule has 1 fully saturated rings. The van der Waals surface area contributed by atoms with Crippen molar-refractivity contribution in [3.05, 3.63) is 0 Å².